The van der Waals surface area contributed by atoms with Gasteiger partial charge in [0, 0.05) is 38.1 Å². The van der Waals surface area contributed by atoms with E-state index in [4.69, 9.17) is 0 Å². The van der Waals surface area contributed by atoms with E-state index in [1.165, 1.54) is 11.3 Å². The first-order valence-electron chi connectivity index (χ1n) is 8.97. The van der Waals surface area contributed by atoms with E-state index in [0.717, 1.165) is 37.8 Å². The molecule has 0 atom stereocenters. The Labute approximate surface area is 174 Å². The van der Waals surface area contributed by atoms with Crippen molar-refractivity contribution in [3.05, 3.63) is 59.9 Å². The quantitative estimate of drug-likeness (QED) is 0.354. The summed E-state index contributed by atoms with van der Waals surface area (Å²) >= 11 is 0. The first-order valence-corrected chi connectivity index (χ1v) is 8.97. The Kier molecular flexibility index (Phi) is 10.7. The van der Waals surface area contributed by atoms with Crippen molar-refractivity contribution >= 4 is 35.6 Å². The molecule has 0 aliphatic rings. The fraction of sp³-hybridized carbons (Fsp3) is 0.400. The predicted octanol–water partition coefficient (Wildman–Crippen LogP) is 3.59. The highest BCUT2D eigenvalue weighted by Gasteiger charge is 2.07. The third kappa shape index (κ3) is 7.19. The van der Waals surface area contributed by atoms with Crippen LogP contribution in [0.5, 0.6) is 0 Å². The van der Waals surface area contributed by atoms with Crippen molar-refractivity contribution in [1.29, 1.82) is 0 Å². The molecule has 2 N–H and O–H groups in total. The summed E-state index contributed by atoms with van der Waals surface area (Å²) in [6, 6.07) is 14.4. The molecule has 0 aliphatic carbocycles. The van der Waals surface area contributed by atoms with E-state index in [2.05, 4.69) is 70.5 Å². The van der Waals surface area contributed by atoms with Gasteiger partial charge in [0.1, 0.15) is 0 Å². The second-order valence-corrected chi connectivity index (χ2v) is 5.81. The SMILES string of the molecule is CCNC(=NCc1ccccn1)NCCN(CC)c1ccccc1C.I. The van der Waals surface area contributed by atoms with Crippen molar-refractivity contribution in [2.24, 2.45) is 4.99 Å². The molecule has 0 saturated carbocycles. The van der Waals surface area contributed by atoms with Crippen LogP contribution in [0.3, 0.4) is 0 Å². The van der Waals surface area contributed by atoms with Gasteiger partial charge in [0.2, 0.25) is 0 Å². The zero-order valence-corrected chi connectivity index (χ0v) is 18.2. The average molecular weight is 467 g/mol. The van der Waals surface area contributed by atoms with Crippen LogP contribution in [-0.4, -0.2) is 37.1 Å². The first kappa shape index (κ1) is 22.2. The molecule has 1 aromatic heterocycles. The largest absolute Gasteiger partial charge is 0.370 e. The van der Waals surface area contributed by atoms with E-state index in [0.29, 0.717) is 6.54 Å². The zero-order chi connectivity index (χ0) is 17.9. The normalized spacial score (nSPS) is 10.8. The third-order valence-electron chi connectivity index (χ3n) is 3.98. The van der Waals surface area contributed by atoms with Crippen LogP contribution >= 0.6 is 24.0 Å². The summed E-state index contributed by atoms with van der Waals surface area (Å²) in [7, 11) is 0. The number of nitrogens with zero attached hydrogens (tertiary/aromatic N) is 3. The molecular weight excluding hydrogens is 437 g/mol. The number of pyridine rings is 1. The van der Waals surface area contributed by atoms with E-state index in [1.807, 2.05) is 18.2 Å². The number of hydrogen-bond donors (Lipinski definition) is 2. The van der Waals surface area contributed by atoms with Gasteiger partial charge in [-0.05, 0) is 44.5 Å². The van der Waals surface area contributed by atoms with E-state index in [9.17, 15) is 0 Å². The number of likely N-dealkylation sites (N-methyl/N-ethyl adjacent to an activating group) is 1. The van der Waals surface area contributed by atoms with E-state index in [-0.39, 0.29) is 24.0 Å². The van der Waals surface area contributed by atoms with Crippen molar-refractivity contribution < 1.29 is 0 Å². The number of anilines is 1. The van der Waals surface area contributed by atoms with Crippen LogP contribution in [0.15, 0.2) is 53.7 Å². The van der Waals surface area contributed by atoms with E-state index < -0.39 is 0 Å². The first-order chi connectivity index (χ1) is 12.2. The van der Waals surface area contributed by atoms with Crippen LogP contribution in [0.2, 0.25) is 0 Å². The Morgan fingerprint density at radius 2 is 1.85 bits per heavy atom. The summed E-state index contributed by atoms with van der Waals surface area (Å²) in [5.41, 5.74) is 3.57. The van der Waals surface area contributed by atoms with Gasteiger partial charge < -0.3 is 15.5 Å². The molecule has 6 heteroatoms. The lowest BCUT2D eigenvalue weighted by molar-refractivity contribution is 0.749. The van der Waals surface area contributed by atoms with Crippen LogP contribution in [0.4, 0.5) is 5.69 Å². The Morgan fingerprint density at radius 1 is 1.08 bits per heavy atom. The van der Waals surface area contributed by atoms with Crippen LogP contribution < -0.4 is 15.5 Å². The second-order valence-electron chi connectivity index (χ2n) is 5.81. The monoisotopic (exact) mass is 467 g/mol. The number of aromatic nitrogens is 1. The maximum atomic E-state index is 4.61. The molecule has 1 aromatic carbocycles. The van der Waals surface area contributed by atoms with Gasteiger partial charge in [-0.25, -0.2) is 4.99 Å². The van der Waals surface area contributed by atoms with Crippen LogP contribution in [0.1, 0.15) is 25.1 Å². The molecule has 1 heterocycles. The minimum absolute atomic E-state index is 0. The maximum Gasteiger partial charge on any atom is 0.191 e. The molecule has 0 radical (unpaired) electrons. The van der Waals surface area contributed by atoms with E-state index in [1.54, 1.807) is 6.20 Å². The third-order valence-corrected chi connectivity index (χ3v) is 3.98. The molecule has 0 saturated heterocycles. The van der Waals surface area contributed by atoms with Gasteiger partial charge in [-0.3, -0.25) is 4.98 Å². The topological polar surface area (TPSA) is 52.6 Å². The fourth-order valence-corrected chi connectivity index (χ4v) is 2.67. The fourth-order valence-electron chi connectivity index (χ4n) is 2.67. The number of halogens is 1. The van der Waals surface area contributed by atoms with Crippen molar-refractivity contribution in [2.75, 3.05) is 31.1 Å². The number of hydrogen-bond acceptors (Lipinski definition) is 3. The smallest absolute Gasteiger partial charge is 0.191 e. The maximum absolute atomic E-state index is 4.61. The van der Waals surface area contributed by atoms with Crippen molar-refractivity contribution in [1.82, 2.24) is 15.6 Å². The molecule has 0 bridgehead atoms. The second kappa shape index (κ2) is 12.5. The van der Waals surface area contributed by atoms with Gasteiger partial charge in [0.05, 0.1) is 12.2 Å². The molecule has 0 amide bonds. The minimum atomic E-state index is 0. The molecule has 0 spiro atoms. The summed E-state index contributed by atoms with van der Waals surface area (Å²) in [5, 5.41) is 6.70. The number of nitrogens with one attached hydrogen (secondary N) is 2. The van der Waals surface area contributed by atoms with Gasteiger partial charge in [0.25, 0.3) is 0 Å². The Hall–Kier alpha value is -1.83. The predicted molar refractivity (Wildman–Crippen MR) is 122 cm³/mol. The molecular formula is C20H30IN5. The Balaban J connectivity index is 0.00000338. The molecule has 26 heavy (non-hydrogen) atoms. The molecule has 0 unspecified atom stereocenters. The Morgan fingerprint density at radius 3 is 2.50 bits per heavy atom. The van der Waals surface area contributed by atoms with Crippen LogP contribution in [0.25, 0.3) is 0 Å². The van der Waals surface area contributed by atoms with Crippen molar-refractivity contribution in [2.45, 2.75) is 27.3 Å². The standard InChI is InChI=1S/C20H29N5.HI/c1-4-21-20(24-16-18-11-8-9-13-22-18)23-14-15-25(5-2)19-12-7-6-10-17(19)3;/h6-13H,4-5,14-16H2,1-3H3,(H2,21,23,24);1H. The van der Waals surface area contributed by atoms with Gasteiger partial charge in [-0.2, -0.15) is 0 Å². The lowest BCUT2D eigenvalue weighted by Gasteiger charge is -2.25. The molecule has 0 fully saturated rings. The van der Waals surface area contributed by atoms with Gasteiger partial charge in [-0.15, -0.1) is 24.0 Å². The lowest BCUT2D eigenvalue weighted by atomic mass is 10.2. The van der Waals surface area contributed by atoms with Crippen molar-refractivity contribution in [3.63, 3.8) is 0 Å². The highest BCUT2D eigenvalue weighted by molar-refractivity contribution is 14.0. The summed E-state index contributed by atoms with van der Waals surface area (Å²) in [4.78, 5) is 11.3. The number of para-hydroxylation sites is 1. The Bertz CT molecular complexity index is 660. The molecule has 2 rings (SSSR count). The van der Waals surface area contributed by atoms with Gasteiger partial charge in [-0.1, -0.05) is 24.3 Å². The van der Waals surface area contributed by atoms with Crippen LogP contribution in [-0.2, 0) is 6.54 Å². The molecule has 142 valence electrons. The molecule has 0 aliphatic heterocycles. The zero-order valence-electron chi connectivity index (χ0n) is 15.9. The van der Waals surface area contributed by atoms with Crippen LogP contribution in [0, 0.1) is 6.92 Å². The summed E-state index contributed by atoms with van der Waals surface area (Å²) < 4.78 is 0. The number of aryl methyl sites for hydroxylation is 1. The highest BCUT2D eigenvalue weighted by atomic mass is 127. The number of rotatable bonds is 8. The summed E-state index contributed by atoms with van der Waals surface area (Å²) in [5.74, 6) is 0.828. The average Bonchev–Trinajstić information content (AvgIpc) is 2.65. The lowest BCUT2D eigenvalue weighted by Crippen LogP contribution is -2.41. The summed E-state index contributed by atoms with van der Waals surface area (Å²) in [6.07, 6.45) is 1.80. The van der Waals surface area contributed by atoms with E-state index >= 15 is 0 Å². The number of aliphatic imine (C=N–C) groups is 1. The summed E-state index contributed by atoms with van der Waals surface area (Å²) in [6.45, 7) is 10.6. The molecule has 5 nitrogen and oxygen atoms in total. The minimum Gasteiger partial charge on any atom is -0.370 e. The highest BCUT2D eigenvalue weighted by Crippen LogP contribution is 2.18. The van der Waals surface area contributed by atoms with Gasteiger partial charge >= 0.3 is 0 Å². The van der Waals surface area contributed by atoms with Crippen molar-refractivity contribution in [3.8, 4) is 0 Å². The molecule has 2 aromatic rings. The number of guanidine groups is 1. The van der Waals surface area contributed by atoms with Gasteiger partial charge in [0.15, 0.2) is 5.96 Å². The number of benzene rings is 1.